The second-order valence-corrected chi connectivity index (χ2v) is 3.40. The Bertz CT molecular complexity index is 317. The molecule has 1 rings (SSSR count). The number of aryl methyl sites for hydroxylation is 1. The smallest absolute Gasteiger partial charge is 0.339 e. The fraction of sp³-hybridized carbons (Fsp3) is 0.143. The van der Waals surface area contributed by atoms with Crippen LogP contribution in [0.5, 0.6) is 0 Å². The van der Waals surface area contributed by atoms with Crippen LogP contribution in [0.3, 0.4) is 0 Å². The molecule has 0 unspecified atom stereocenters. The lowest BCUT2D eigenvalue weighted by atomic mass is 10.2. The average molecular weight is 250 g/mol. The predicted octanol–water partition coefficient (Wildman–Crippen LogP) is 2.50. The molecule has 0 aromatic carbocycles. The SMILES string of the molecule is Cc1cc(Br)nc(Cl)c1C(=O)O. The molecule has 0 spiro atoms. The highest BCUT2D eigenvalue weighted by Crippen LogP contribution is 2.21. The Balaban J connectivity index is 3.38. The minimum atomic E-state index is -1.06. The predicted molar refractivity (Wildman–Crippen MR) is 48.6 cm³/mol. The Kier molecular flexibility index (Phi) is 2.69. The molecular weight excluding hydrogens is 245 g/mol. The molecule has 0 radical (unpaired) electrons. The van der Waals surface area contributed by atoms with Crippen molar-refractivity contribution in [2.75, 3.05) is 0 Å². The van der Waals surface area contributed by atoms with Crippen molar-refractivity contribution in [2.24, 2.45) is 0 Å². The van der Waals surface area contributed by atoms with Gasteiger partial charge in [-0.05, 0) is 34.5 Å². The fourth-order valence-corrected chi connectivity index (χ4v) is 1.80. The number of rotatable bonds is 1. The Morgan fingerprint density at radius 3 is 2.75 bits per heavy atom. The molecule has 0 atom stereocenters. The Labute approximate surface area is 82.5 Å². The molecule has 1 aromatic heterocycles. The third-order valence-electron chi connectivity index (χ3n) is 1.36. The summed E-state index contributed by atoms with van der Waals surface area (Å²) in [5.41, 5.74) is 0.647. The van der Waals surface area contributed by atoms with Crippen molar-refractivity contribution >= 4 is 33.5 Å². The maximum atomic E-state index is 10.6. The lowest BCUT2D eigenvalue weighted by Crippen LogP contribution is -2.02. The number of carbonyl (C=O) groups is 1. The molecular formula is C7H5BrClNO2. The third kappa shape index (κ3) is 1.76. The van der Waals surface area contributed by atoms with Crippen LogP contribution in [0.4, 0.5) is 0 Å². The van der Waals surface area contributed by atoms with Crippen molar-refractivity contribution in [1.29, 1.82) is 0 Å². The first-order valence-corrected chi connectivity index (χ1v) is 4.25. The van der Waals surface area contributed by atoms with Gasteiger partial charge in [0, 0.05) is 0 Å². The van der Waals surface area contributed by atoms with E-state index in [2.05, 4.69) is 20.9 Å². The van der Waals surface area contributed by atoms with Gasteiger partial charge in [0.1, 0.15) is 9.76 Å². The zero-order valence-electron chi connectivity index (χ0n) is 6.14. The first-order valence-electron chi connectivity index (χ1n) is 3.08. The van der Waals surface area contributed by atoms with Crippen LogP contribution in [0.1, 0.15) is 15.9 Å². The first kappa shape index (κ1) is 9.48. The number of carboxylic acid groups (broad SMARTS) is 1. The van der Waals surface area contributed by atoms with Crippen molar-refractivity contribution < 1.29 is 9.90 Å². The summed E-state index contributed by atoms with van der Waals surface area (Å²) in [4.78, 5) is 14.4. The topological polar surface area (TPSA) is 50.2 Å². The monoisotopic (exact) mass is 249 g/mol. The van der Waals surface area contributed by atoms with Crippen LogP contribution in [-0.4, -0.2) is 16.1 Å². The van der Waals surface area contributed by atoms with E-state index in [0.29, 0.717) is 10.2 Å². The molecule has 0 fully saturated rings. The van der Waals surface area contributed by atoms with Crippen molar-refractivity contribution in [3.8, 4) is 0 Å². The Hall–Kier alpha value is -0.610. The normalized spacial score (nSPS) is 9.92. The molecule has 0 aliphatic carbocycles. The van der Waals surface area contributed by atoms with Crippen molar-refractivity contribution in [1.82, 2.24) is 4.98 Å². The molecule has 12 heavy (non-hydrogen) atoms. The highest BCUT2D eigenvalue weighted by atomic mass is 79.9. The molecule has 5 heteroatoms. The molecule has 1 heterocycles. The number of halogens is 2. The summed E-state index contributed by atoms with van der Waals surface area (Å²) in [6.45, 7) is 1.67. The lowest BCUT2D eigenvalue weighted by molar-refractivity contribution is 0.0696. The van der Waals surface area contributed by atoms with E-state index >= 15 is 0 Å². The number of hydrogen-bond donors (Lipinski definition) is 1. The molecule has 0 saturated heterocycles. The van der Waals surface area contributed by atoms with E-state index in [-0.39, 0.29) is 10.7 Å². The molecule has 64 valence electrons. The van der Waals surface area contributed by atoms with Crippen LogP contribution in [0.15, 0.2) is 10.7 Å². The number of pyridine rings is 1. The van der Waals surface area contributed by atoms with E-state index in [0.717, 1.165) is 0 Å². The summed E-state index contributed by atoms with van der Waals surface area (Å²) in [6, 6.07) is 1.61. The molecule has 0 amide bonds. The lowest BCUT2D eigenvalue weighted by Gasteiger charge is -2.02. The van der Waals surface area contributed by atoms with Crippen LogP contribution in [-0.2, 0) is 0 Å². The quantitative estimate of drug-likeness (QED) is 0.779. The highest BCUT2D eigenvalue weighted by Gasteiger charge is 2.13. The van der Waals surface area contributed by atoms with Gasteiger partial charge in [0.2, 0.25) is 0 Å². The highest BCUT2D eigenvalue weighted by molar-refractivity contribution is 9.10. The van der Waals surface area contributed by atoms with Crippen LogP contribution >= 0.6 is 27.5 Å². The minimum Gasteiger partial charge on any atom is -0.478 e. The van der Waals surface area contributed by atoms with Gasteiger partial charge >= 0.3 is 5.97 Å². The second kappa shape index (κ2) is 3.41. The van der Waals surface area contributed by atoms with Gasteiger partial charge in [0.15, 0.2) is 0 Å². The minimum absolute atomic E-state index is 0.00868. The number of hydrogen-bond acceptors (Lipinski definition) is 2. The maximum Gasteiger partial charge on any atom is 0.339 e. The number of aromatic carboxylic acids is 1. The van der Waals surface area contributed by atoms with Gasteiger partial charge in [-0.1, -0.05) is 11.6 Å². The molecule has 3 nitrogen and oxygen atoms in total. The molecule has 0 bridgehead atoms. The van der Waals surface area contributed by atoms with Gasteiger partial charge in [-0.25, -0.2) is 9.78 Å². The summed E-state index contributed by atoms with van der Waals surface area (Å²) < 4.78 is 0.537. The molecule has 1 N–H and O–H groups in total. The van der Waals surface area contributed by atoms with Crippen molar-refractivity contribution in [3.63, 3.8) is 0 Å². The van der Waals surface area contributed by atoms with Gasteiger partial charge < -0.3 is 5.11 Å². The summed E-state index contributed by atoms with van der Waals surface area (Å²) >= 11 is 8.72. The summed E-state index contributed by atoms with van der Waals surface area (Å²) in [5.74, 6) is -1.06. The molecule has 0 saturated carbocycles. The first-order chi connectivity index (χ1) is 5.52. The number of carboxylic acids is 1. The van der Waals surface area contributed by atoms with Crippen molar-refractivity contribution in [3.05, 3.63) is 26.9 Å². The zero-order chi connectivity index (χ0) is 9.30. The Morgan fingerprint density at radius 1 is 1.75 bits per heavy atom. The van der Waals surface area contributed by atoms with E-state index in [9.17, 15) is 4.79 Å². The van der Waals surface area contributed by atoms with Gasteiger partial charge in [0.05, 0.1) is 5.56 Å². The number of nitrogens with zero attached hydrogens (tertiary/aromatic N) is 1. The summed E-state index contributed by atoms with van der Waals surface area (Å²) in [5, 5.41) is 8.71. The molecule has 0 aliphatic heterocycles. The van der Waals surface area contributed by atoms with Gasteiger partial charge in [-0.3, -0.25) is 0 Å². The van der Waals surface area contributed by atoms with Crippen LogP contribution in [0, 0.1) is 6.92 Å². The fourth-order valence-electron chi connectivity index (χ4n) is 0.852. The average Bonchev–Trinajstić information content (AvgIpc) is 1.82. The van der Waals surface area contributed by atoms with Crippen LogP contribution < -0.4 is 0 Å². The molecule has 0 aliphatic rings. The van der Waals surface area contributed by atoms with Gasteiger partial charge in [-0.15, -0.1) is 0 Å². The molecule has 1 aromatic rings. The summed E-state index contributed by atoms with van der Waals surface area (Å²) in [7, 11) is 0. The van der Waals surface area contributed by atoms with Gasteiger partial charge in [-0.2, -0.15) is 0 Å². The van der Waals surface area contributed by atoms with Crippen LogP contribution in [0.25, 0.3) is 0 Å². The number of aromatic nitrogens is 1. The largest absolute Gasteiger partial charge is 0.478 e. The van der Waals surface area contributed by atoms with E-state index in [1.54, 1.807) is 13.0 Å². The van der Waals surface area contributed by atoms with Crippen molar-refractivity contribution in [2.45, 2.75) is 6.92 Å². The van der Waals surface area contributed by atoms with E-state index in [4.69, 9.17) is 16.7 Å². The van der Waals surface area contributed by atoms with Crippen LogP contribution in [0.2, 0.25) is 5.15 Å². The third-order valence-corrected chi connectivity index (χ3v) is 2.03. The van der Waals surface area contributed by atoms with E-state index in [1.165, 1.54) is 0 Å². The summed E-state index contributed by atoms with van der Waals surface area (Å²) in [6.07, 6.45) is 0. The zero-order valence-corrected chi connectivity index (χ0v) is 8.48. The Morgan fingerprint density at radius 2 is 2.33 bits per heavy atom. The second-order valence-electron chi connectivity index (χ2n) is 2.23. The van der Waals surface area contributed by atoms with E-state index in [1.807, 2.05) is 0 Å². The standard InChI is InChI=1S/C7H5BrClNO2/c1-3-2-4(8)10-6(9)5(3)7(11)12/h2H,1H3,(H,11,12). The van der Waals surface area contributed by atoms with E-state index < -0.39 is 5.97 Å². The maximum absolute atomic E-state index is 10.6. The van der Waals surface area contributed by atoms with Gasteiger partial charge in [0.25, 0.3) is 0 Å².